The fourth-order valence-corrected chi connectivity index (χ4v) is 3.99. The first kappa shape index (κ1) is 19.6. The van der Waals surface area contributed by atoms with Crippen LogP contribution in [-0.4, -0.2) is 73.7 Å². The predicted molar refractivity (Wildman–Crippen MR) is 103 cm³/mol. The van der Waals surface area contributed by atoms with Crippen LogP contribution < -0.4 is 11.1 Å². The number of nitrogens with two attached hydrogens (primary N) is 1. The van der Waals surface area contributed by atoms with Crippen LogP contribution in [0.1, 0.15) is 29.9 Å². The third-order valence-electron chi connectivity index (χ3n) is 5.46. The minimum atomic E-state index is -0.365. The molecule has 1 aliphatic carbocycles. The molecule has 0 bridgehead atoms. The van der Waals surface area contributed by atoms with Crippen LogP contribution in [0.2, 0.25) is 0 Å². The van der Waals surface area contributed by atoms with Gasteiger partial charge in [-0.15, -0.1) is 0 Å². The average molecular weight is 374 g/mol. The molecule has 148 valence electrons. The number of likely N-dealkylation sites (N-methyl/N-ethyl adjacent to an activating group) is 1. The highest BCUT2D eigenvalue weighted by Crippen LogP contribution is 2.38. The number of ether oxygens (including phenoxy) is 1. The van der Waals surface area contributed by atoms with Crippen LogP contribution in [-0.2, 0) is 9.53 Å². The summed E-state index contributed by atoms with van der Waals surface area (Å²) in [6.45, 7) is 4.54. The molecule has 0 aromatic heterocycles. The van der Waals surface area contributed by atoms with Crippen molar-refractivity contribution in [2.45, 2.75) is 37.8 Å². The highest BCUT2D eigenvalue weighted by atomic mass is 16.5. The maximum absolute atomic E-state index is 12.6. The summed E-state index contributed by atoms with van der Waals surface area (Å²) in [7, 11) is 1.83. The van der Waals surface area contributed by atoms with Gasteiger partial charge in [0.1, 0.15) is 0 Å². The molecule has 2 fully saturated rings. The number of rotatable bonds is 6. The Morgan fingerprint density at radius 2 is 2.07 bits per heavy atom. The van der Waals surface area contributed by atoms with Crippen LogP contribution in [0.3, 0.4) is 0 Å². The molecule has 1 saturated heterocycles. The van der Waals surface area contributed by atoms with Crippen molar-refractivity contribution >= 4 is 11.9 Å². The molecule has 1 aromatic rings. The van der Waals surface area contributed by atoms with Crippen molar-refractivity contribution in [2.75, 3.05) is 39.8 Å². The molecule has 0 radical (unpaired) electrons. The number of morpholine rings is 1. The maximum Gasteiger partial charge on any atom is 0.317 e. The summed E-state index contributed by atoms with van der Waals surface area (Å²) < 4.78 is 5.73. The summed E-state index contributed by atoms with van der Waals surface area (Å²) in [5.41, 5.74) is 7.93. The molecule has 3 amide bonds. The third-order valence-corrected chi connectivity index (χ3v) is 5.46. The summed E-state index contributed by atoms with van der Waals surface area (Å²) >= 11 is 0. The van der Waals surface area contributed by atoms with Gasteiger partial charge in [-0.3, -0.25) is 9.69 Å². The first-order chi connectivity index (χ1) is 12.9. The van der Waals surface area contributed by atoms with Crippen molar-refractivity contribution in [3.05, 3.63) is 35.4 Å². The molecule has 3 N–H and O–H groups in total. The predicted octanol–water partition coefficient (Wildman–Crippen LogP) is 1.07. The zero-order valence-electron chi connectivity index (χ0n) is 16.2. The second-order valence-corrected chi connectivity index (χ2v) is 7.77. The first-order valence-corrected chi connectivity index (χ1v) is 9.61. The number of hydrogen-bond donors (Lipinski definition) is 2. The lowest BCUT2D eigenvalue weighted by Gasteiger charge is -2.40. The van der Waals surface area contributed by atoms with Crippen molar-refractivity contribution in [1.29, 1.82) is 0 Å². The van der Waals surface area contributed by atoms with E-state index in [0.717, 1.165) is 12.8 Å². The molecular formula is C20H30N4O3. The lowest BCUT2D eigenvalue weighted by atomic mass is 9.74. The molecule has 1 unspecified atom stereocenters. The van der Waals surface area contributed by atoms with E-state index >= 15 is 0 Å². The first-order valence-electron chi connectivity index (χ1n) is 9.61. The quantitative estimate of drug-likeness (QED) is 0.780. The van der Waals surface area contributed by atoms with E-state index in [1.54, 1.807) is 0 Å². The highest BCUT2D eigenvalue weighted by molar-refractivity contribution is 5.76. The zero-order chi connectivity index (χ0) is 19.4. The summed E-state index contributed by atoms with van der Waals surface area (Å²) in [4.78, 5) is 27.2. The Hall–Kier alpha value is -2.12. The lowest BCUT2D eigenvalue weighted by Crippen LogP contribution is -2.55. The molecule has 1 atom stereocenters. The fourth-order valence-electron chi connectivity index (χ4n) is 3.99. The Morgan fingerprint density at radius 1 is 1.33 bits per heavy atom. The van der Waals surface area contributed by atoms with E-state index in [9.17, 15) is 9.59 Å². The Kier molecular flexibility index (Phi) is 6.34. The Morgan fingerprint density at radius 3 is 2.78 bits per heavy atom. The minimum Gasteiger partial charge on any atom is -0.373 e. The molecule has 1 aliphatic heterocycles. The number of urea groups is 1. The number of benzene rings is 1. The van der Waals surface area contributed by atoms with Gasteiger partial charge in [-0.1, -0.05) is 24.3 Å². The number of amides is 3. The van der Waals surface area contributed by atoms with E-state index in [2.05, 4.69) is 36.5 Å². The Labute approximate surface area is 160 Å². The largest absolute Gasteiger partial charge is 0.373 e. The number of primary amides is 1. The second kappa shape index (κ2) is 8.71. The topological polar surface area (TPSA) is 87.9 Å². The molecule has 2 aliphatic rings. The van der Waals surface area contributed by atoms with Gasteiger partial charge in [-0.25, -0.2) is 4.79 Å². The third kappa shape index (κ3) is 5.20. The van der Waals surface area contributed by atoms with E-state index in [-0.39, 0.29) is 30.6 Å². The van der Waals surface area contributed by atoms with Gasteiger partial charge >= 0.3 is 6.03 Å². The van der Waals surface area contributed by atoms with Crippen LogP contribution in [0.15, 0.2) is 24.3 Å². The average Bonchev–Trinajstić information content (AvgIpc) is 2.58. The summed E-state index contributed by atoms with van der Waals surface area (Å²) in [6, 6.07) is 8.69. The van der Waals surface area contributed by atoms with Crippen LogP contribution >= 0.6 is 0 Å². The number of nitrogens with zero attached hydrogens (tertiary/aromatic N) is 2. The van der Waals surface area contributed by atoms with Crippen molar-refractivity contribution in [3.8, 4) is 0 Å². The van der Waals surface area contributed by atoms with Crippen molar-refractivity contribution in [2.24, 2.45) is 5.73 Å². The number of hydrogen-bond acceptors (Lipinski definition) is 4. The Bertz CT molecular complexity index is 675. The molecule has 1 saturated carbocycles. The zero-order valence-corrected chi connectivity index (χ0v) is 16.2. The monoisotopic (exact) mass is 374 g/mol. The highest BCUT2D eigenvalue weighted by Gasteiger charge is 2.34. The molecule has 7 heteroatoms. The van der Waals surface area contributed by atoms with Crippen LogP contribution in [0.25, 0.3) is 0 Å². The lowest BCUT2D eigenvalue weighted by molar-refractivity contribution is -0.119. The molecular weight excluding hydrogens is 344 g/mol. The van der Waals surface area contributed by atoms with Crippen molar-refractivity contribution < 1.29 is 14.3 Å². The van der Waals surface area contributed by atoms with Crippen LogP contribution in [0.5, 0.6) is 0 Å². The minimum absolute atomic E-state index is 0.0194. The van der Waals surface area contributed by atoms with E-state index in [0.29, 0.717) is 32.2 Å². The number of nitrogens with one attached hydrogen (secondary N) is 1. The standard InChI is InChI=1S/C20H30N4O3/c1-14-5-3-4-6-18(14)15-9-16(10-15)22-20(26)24-7-8-27-17(12-24)11-23(2)13-19(21)25/h3-6,15-17H,7-13H2,1-2H3,(H2,21,25)(H,22,26). The molecule has 1 aromatic carbocycles. The van der Waals surface area contributed by atoms with E-state index in [4.69, 9.17) is 10.5 Å². The van der Waals surface area contributed by atoms with Crippen LogP contribution in [0.4, 0.5) is 4.79 Å². The molecule has 3 rings (SSSR count). The van der Waals surface area contributed by atoms with Gasteiger partial charge < -0.3 is 20.7 Å². The summed E-state index contributed by atoms with van der Waals surface area (Å²) in [5, 5.41) is 3.16. The van der Waals surface area contributed by atoms with Gasteiger partial charge in [-0.2, -0.15) is 0 Å². The van der Waals surface area contributed by atoms with Gasteiger partial charge in [0, 0.05) is 25.7 Å². The molecule has 1 heterocycles. The van der Waals surface area contributed by atoms with Gasteiger partial charge in [0.15, 0.2) is 0 Å². The molecule has 27 heavy (non-hydrogen) atoms. The van der Waals surface area contributed by atoms with E-state index in [1.165, 1.54) is 11.1 Å². The second-order valence-electron chi connectivity index (χ2n) is 7.77. The normalized spacial score (nSPS) is 25.1. The van der Waals surface area contributed by atoms with Crippen molar-refractivity contribution in [3.63, 3.8) is 0 Å². The van der Waals surface area contributed by atoms with E-state index < -0.39 is 0 Å². The summed E-state index contributed by atoms with van der Waals surface area (Å²) in [5.74, 6) is 0.174. The fraction of sp³-hybridized carbons (Fsp3) is 0.600. The van der Waals surface area contributed by atoms with Gasteiger partial charge in [-0.05, 0) is 43.9 Å². The van der Waals surface area contributed by atoms with Gasteiger partial charge in [0.25, 0.3) is 0 Å². The number of aryl methyl sites for hydroxylation is 1. The van der Waals surface area contributed by atoms with E-state index in [1.807, 2.05) is 16.8 Å². The smallest absolute Gasteiger partial charge is 0.317 e. The Balaban J connectivity index is 1.43. The summed E-state index contributed by atoms with van der Waals surface area (Å²) in [6.07, 6.45) is 1.88. The van der Waals surface area contributed by atoms with Gasteiger partial charge in [0.2, 0.25) is 5.91 Å². The number of carbonyl (C=O) groups is 2. The maximum atomic E-state index is 12.6. The molecule has 0 spiro atoms. The van der Waals surface area contributed by atoms with Crippen LogP contribution in [0, 0.1) is 6.92 Å². The van der Waals surface area contributed by atoms with Crippen molar-refractivity contribution in [1.82, 2.24) is 15.1 Å². The molecule has 7 nitrogen and oxygen atoms in total. The SMILES string of the molecule is Cc1ccccc1C1CC(NC(=O)N2CCOC(CN(C)CC(N)=O)C2)C1. The van der Waals surface area contributed by atoms with Gasteiger partial charge in [0.05, 0.1) is 19.3 Å². The number of carbonyl (C=O) groups excluding carboxylic acids is 2.